The summed E-state index contributed by atoms with van der Waals surface area (Å²) in [6.45, 7) is 5.72. The Morgan fingerprint density at radius 1 is 0.875 bits per heavy atom. The summed E-state index contributed by atoms with van der Waals surface area (Å²) in [5.41, 5.74) is 2.42. The average molecular weight is 450 g/mol. The van der Waals surface area contributed by atoms with Crippen LogP contribution < -0.4 is 4.90 Å². The highest BCUT2D eigenvalue weighted by molar-refractivity contribution is 7.89. The van der Waals surface area contributed by atoms with Crippen molar-refractivity contribution in [2.24, 2.45) is 0 Å². The number of anilines is 1. The Morgan fingerprint density at radius 2 is 1.62 bits per heavy atom. The third-order valence-corrected chi connectivity index (χ3v) is 7.57. The molecule has 9 nitrogen and oxygen atoms in total. The molecule has 4 aromatic rings. The normalized spacial score (nSPS) is 15.4. The van der Waals surface area contributed by atoms with Crippen LogP contribution in [0.5, 0.6) is 0 Å². The fourth-order valence-electron chi connectivity index (χ4n) is 4.07. The van der Waals surface area contributed by atoms with Gasteiger partial charge in [0.15, 0.2) is 5.82 Å². The lowest BCUT2D eigenvalue weighted by molar-refractivity contribution is 0.384. The molecule has 0 bridgehead atoms. The Kier molecular flexibility index (Phi) is 5.10. The van der Waals surface area contributed by atoms with Crippen LogP contribution in [-0.2, 0) is 10.0 Å². The second-order valence-electron chi connectivity index (χ2n) is 7.80. The first-order valence-electron chi connectivity index (χ1n) is 10.4. The van der Waals surface area contributed by atoms with Crippen molar-refractivity contribution in [2.75, 3.05) is 31.1 Å². The van der Waals surface area contributed by atoms with Gasteiger partial charge in [0.2, 0.25) is 10.0 Å². The van der Waals surface area contributed by atoms with Crippen molar-refractivity contribution in [1.82, 2.24) is 29.0 Å². The molecular weight excluding hydrogens is 426 g/mol. The molecule has 0 unspecified atom stereocenters. The molecule has 32 heavy (non-hydrogen) atoms. The summed E-state index contributed by atoms with van der Waals surface area (Å²) in [5, 5.41) is 5.29. The van der Waals surface area contributed by atoms with Crippen molar-refractivity contribution in [3.63, 3.8) is 0 Å². The lowest BCUT2D eigenvalue weighted by Gasteiger charge is -2.34. The van der Waals surface area contributed by atoms with Gasteiger partial charge in [0.05, 0.1) is 11.2 Å². The minimum absolute atomic E-state index is 0.248. The smallest absolute Gasteiger partial charge is 0.245 e. The summed E-state index contributed by atoms with van der Waals surface area (Å²) < 4.78 is 30.0. The SMILES string of the molecule is Cc1cc(C)n(-c2cc(N3CCN(S(=O)(=O)c4cccc5cccnc45)CC3)ncn2)n1. The number of hydrogen-bond donors (Lipinski definition) is 0. The zero-order chi connectivity index (χ0) is 22.3. The van der Waals surface area contributed by atoms with Gasteiger partial charge in [0.25, 0.3) is 0 Å². The van der Waals surface area contributed by atoms with Crippen LogP contribution in [0.15, 0.2) is 59.9 Å². The number of hydrogen-bond acceptors (Lipinski definition) is 7. The van der Waals surface area contributed by atoms with Crippen LogP contribution in [0.4, 0.5) is 5.82 Å². The molecule has 0 amide bonds. The number of sulfonamides is 1. The second-order valence-corrected chi connectivity index (χ2v) is 9.70. The van der Waals surface area contributed by atoms with E-state index in [0.717, 1.165) is 22.6 Å². The largest absolute Gasteiger partial charge is 0.354 e. The number of aromatic nitrogens is 5. The summed E-state index contributed by atoms with van der Waals surface area (Å²) in [6, 6.07) is 12.8. The van der Waals surface area contributed by atoms with Crippen LogP contribution >= 0.6 is 0 Å². The molecule has 5 rings (SSSR count). The minimum atomic E-state index is -3.65. The van der Waals surface area contributed by atoms with Gasteiger partial charge in [0, 0.05) is 49.5 Å². The molecular formula is C22H23N7O2S. The highest BCUT2D eigenvalue weighted by atomic mass is 32.2. The summed E-state index contributed by atoms with van der Waals surface area (Å²) in [4.78, 5) is 15.4. The number of fused-ring (bicyclic) bond motifs is 1. The van der Waals surface area contributed by atoms with Gasteiger partial charge in [-0.15, -0.1) is 0 Å². The van der Waals surface area contributed by atoms with Crippen LogP contribution in [0.1, 0.15) is 11.4 Å². The summed E-state index contributed by atoms with van der Waals surface area (Å²) in [5.74, 6) is 1.45. The maximum Gasteiger partial charge on any atom is 0.245 e. The lowest BCUT2D eigenvalue weighted by Crippen LogP contribution is -2.49. The van der Waals surface area contributed by atoms with E-state index in [4.69, 9.17) is 0 Å². The summed E-state index contributed by atoms with van der Waals surface area (Å²) in [7, 11) is -3.65. The van der Waals surface area contributed by atoms with Gasteiger partial charge >= 0.3 is 0 Å². The van der Waals surface area contributed by atoms with E-state index >= 15 is 0 Å². The summed E-state index contributed by atoms with van der Waals surface area (Å²) in [6.07, 6.45) is 3.14. The number of nitrogens with zero attached hydrogens (tertiary/aromatic N) is 7. The number of piperazine rings is 1. The average Bonchev–Trinajstić information content (AvgIpc) is 3.16. The maximum absolute atomic E-state index is 13.4. The molecule has 3 aromatic heterocycles. The zero-order valence-corrected chi connectivity index (χ0v) is 18.7. The second kappa shape index (κ2) is 7.95. The number of para-hydroxylation sites is 1. The summed E-state index contributed by atoms with van der Waals surface area (Å²) >= 11 is 0. The van der Waals surface area contributed by atoms with Crippen LogP contribution in [0, 0.1) is 13.8 Å². The molecule has 0 radical (unpaired) electrons. The number of benzene rings is 1. The van der Waals surface area contributed by atoms with Crippen LogP contribution in [0.2, 0.25) is 0 Å². The van der Waals surface area contributed by atoms with E-state index in [9.17, 15) is 8.42 Å². The molecule has 1 saturated heterocycles. The molecule has 1 aliphatic heterocycles. The van der Waals surface area contributed by atoms with E-state index in [1.165, 1.54) is 10.6 Å². The van der Waals surface area contributed by atoms with Gasteiger partial charge in [-0.2, -0.15) is 9.40 Å². The predicted molar refractivity (Wildman–Crippen MR) is 121 cm³/mol. The van der Waals surface area contributed by atoms with E-state index in [1.807, 2.05) is 38.1 Å². The first kappa shape index (κ1) is 20.5. The van der Waals surface area contributed by atoms with Crippen molar-refractivity contribution in [3.05, 3.63) is 66.4 Å². The molecule has 1 fully saturated rings. The fraction of sp³-hybridized carbons (Fsp3) is 0.273. The Balaban J connectivity index is 1.36. The van der Waals surface area contributed by atoms with Crippen molar-refractivity contribution in [3.8, 4) is 5.82 Å². The van der Waals surface area contributed by atoms with Crippen LogP contribution in [0.25, 0.3) is 16.7 Å². The van der Waals surface area contributed by atoms with Crippen LogP contribution in [0.3, 0.4) is 0 Å². The van der Waals surface area contributed by atoms with Gasteiger partial charge in [-0.3, -0.25) is 4.98 Å². The van der Waals surface area contributed by atoms with Crippen molar-refractivity contribution in [1.29, 1.82) is 0 Å². The Bertz CT molecular complexity index is 1390. The molecule has 1 aliphatic rings. The monoisotopic (exact) mass is 449 g/mol. The number of pyridine rings is 1. The minimum Gasteiger partial charge on any atom is -0.354 e. The standard InChI is InChI=1S/C22H23N7O2S/c1-16-13-17(2)29(26-16)21-14-20(24-15-25-21)27-9-11-28(12-10-27)32(30,31)19-7-3-5-18-6-4-8-23-22(18)19/h3-8,13-15H,9-12H2,1-2H3. The number of aryl methyl sites for hydroxylation is 2. The Labute approximate surface area is 186 Å². The fourth-order valence-corrected chi connectivity index (χ4v) is 5.66. The van der Waals surface area contributed by atoms with Gasteiger partial charge < -0.3 is 4.90 Å². The predicted octanol–water partition coefficient (Wildman–Crippen LogP) is 2.34. The Hall–Kier alpha value is -3.37. The zero-order valence-electron chi connectivity index (χ0n) is 17.9. The third-order valence-electron chi connectivity index (χ3n) is 5.64. The van der Waals surface area contributed by atoms with Gasteiger partial charge in [-0.05, 0) is 32.0 Å². The van der Waals surface area contributed by atoms with Gasteiger partial charge in [-0.25, -0.2) is 23.1 Å². The van der Waals surface area contributed by atoms with Crippen molar-refractivity contribution in [2.45, 2.75) is 18.7 Å². The maximum atomic E-state index is 13.4. The third kappa shape index (κ3) is 3.61. The molecule has 0 N–H and O–H groups in total. The molecule has 10 heteroatoms. The molecule has 164 valence electrons. The van der Waals surface area contributed by atoms with Crippen LogP contribution in [-0.4, -0.2) is 63.6 Å². The lowest BCUT2D eigenvalue weighted by atomic mass is 10.2. The Morgan fingerprint density at radius 3 is 2.38 bits per heavy atom. The quantitative estimate of drug-likeness (QED) is 0.472. The van der Waals surface area contributed by atoms with Crippen molar-refractivity contribution >= 4 is 26.7 Å². The molecule has 0 saturated carbocycles. The molecule has 0 aliphatic carbocycles. The van der Waals surface area contributed by atoms with E-state index in [0.29, 0.717) is 37.5 Å². The topological polar surface area (TPSA) is 97.1 Å². The highest BCUT2D eigenvalue weighted by Crippen LogP contribution is 2.26. The van der Waals surface area contributed by atoms with Gasteiger partial charge in [-0.1, -0.05) is 18.2 Å². The molecule has 4 heterocycles. The van der Waals surface area contributed by atoms with E-state index in [2.05, 4.69) is 25.0 Å². The highest BCUT2D eigenvalue weighted by Gasteiger charge is 2.30. The van der Waals surface area contributed by atoms with Gasteiger partial charge in [0.1, 0.15) is 17.0 Å². The van der Waals surface area contributed by atoms with Crippen molar-refractivity contribution < 1.29 is 8.42 Å². The first-order chi connectivity index (χ1) is 15.4. The first-order valence-corrected chi connectivity index (χ1v) is 11.8. The van der Waals surface area contributed by atoms with E-state index in [-0.39, 0.29) is 4.90 Å². The molecule has 1 aromatic carbocycles. The van der Waals surface area contributed by atoms with E-state index < -0.39 is 10.0 Å². The number of rotatable bonds is 4. The molecule has 0 atom stereocenters. The molecule has 0 spiro atoms. The van der Waals surface area contributed by atoms with E-state index in [1.54, 1.807) is 29.1 Å².